The van der Waals surface area contributed by atoms with Crippen molar-refractivity contribution >= 4 is 10.0 Å². The van der Waals surface area contributed by atoms with E-state index in [1.807, 2.05) is 0 Å². The number of sulfonamides is 1. The van der Waals surface area contributed by atoms with Gasteiger partial charge in [-0.05, 0) is 44.4 Å². The molecule has 2 aliphatic rings. The Labute approximate surface area is 110 Å². The van der Waals surface area contributed by atoms with E-state index in [9.17, 15) is 13.5 Å². The third-order valence-electron chi connectivity index (χ3n) is 4.54. The Kier molecular flexibility index (Phi) is 4.34. The highest BCUT2D eigenvalue weighted by Crippen LogP contribution is 2.35. The van der Waals surface area contributed by atoms with Gasteiger partial charge in [0.05, 0.1) is 11.4 Å². The second-order valence-electron chi connectivity index (χ2n) is 5.93. The summed E-state index contributed by atoms with van der Waals surface area (Å²) in [6.07, 6.45) is 6.40. The second kappa shape index (κ2) is 5.47. The SMILES string of the molecule is CCC1CCC(O)(CN2CCCCS2(=O)=O)CC1. The normalized spacial score (nSPS) is 37.6. The summed E-state index contributed by atoms with van der Waals surface area (Å²) in [4.78, 5) is 0. The summed E-state index contributed by atoms with van der Waals surface area (Å²) in [5, 5.41) is 10.6. The summed E-state index contributed by atoms with van der Waals surface area (Å²) in [6.45, 7) is 3.08. The first kappa shape index (κ1) is 14.3. The molecule has 0 aromatic rings. The zero-order valence-electron chi connectivity index (χ0n) is 11.3. The molecule has 1 aliphatic carbocycles. The maximum atomic E-state index is 11.9. The highest BCUT2D eigenvalue weighted by Gasteiger charge is 2.38. The summed E-state index contributed by atoms with van der Waals surface area (Å²) >= 11 is 0. The van der Waals surface area contributed by atoms with Gasteiger partial charge in [-0.3, -0.25) is 0 Å². The lowest BCUT2D eigenvalue weighted by atomic mass is 9.78. The average Bonchev–Trinajstić information content (AvgIpc) is 2.33. The molecule has 1 heterocycles. The predicted molar refractivity (Wildman–Crippen MR) is 71.8 cm³/mol. The van der Waals surface area contributed by atoms with Crippen molar-refractivity contribution < 1.29 is 13.5 Å². The van der Waals surface area contributed by atoms with Crippen molar-refractivity contribution in [1.82, 2.24) is 4.31 Å². The lowest BCUT2D eigenvalue weighted by Crippen LogP contribution is -2.49. The van der Waals surface area contributed by atoms with Crippen molar-refractivity contribution in [2.24, 2.45) is 5.92 Å². The highest BCUT2D eigenvalue weighted by molar-refractivity contribution is 7.89. The number of β-amino-alcohol motifs (C(OH)–C–C–N with tert-alkyl or cyclic N) is 1. The fourth-order valence-electron chi connectivity index (χ4n) is 3.13. The van der Waals surface area contributed by atoms with Crippen molar-refractivity contribution in [3.8, 4) is 0 Å². The van der Waals surface area contributed by atoms with Gasteiger partial charge in [0.25, 0.3) is 0 Å². The molecule has 0 radical (unpaired) electrons. The van der Waals surface area contributed by atoms with Crippen LogP contribution in [0.4, 0.5) is 0 Å². The molecular formula is C13H25NO3S. The third kappa shape index (κ3) is 3.25. The molecule has 4 nitrogen and oxygen atoms in total. The van der Waals surface area contributed by atoms with Crippen LogP contribution in [-0.4, -0.2) is 42.3 Å². The van der Waals surface area contributed by atoms with Gasteiger partial charge in [0.2, 0.25) is 10.0 Å². The van der Waals surface area contributed by atoms with Gasteiger partial charge in [0.1, 0.15) is 0 Å². The molecule has 0 bridgehead atoms. The van der Waals surface area contributed by atoms with Crippen LogP contribution in [0, 0.1) is 5.92 Å². The second-order valence-corrected chi connectivity index (χ2v) is 8.02. The van der Waals surface area contributed by atoms with E-state index in [-0.39, 0.29) is 5.75 Å². The molecule has 2 fully saturated rings. The lowest BCUT2D eigenvalue weighted by molar-refractivity contribution is -0.0233. The van der Waals surface area contributed by atoms with Crippen LogP contribution in [0.5, 0.6) is 0 Å². The molecule has 2 rings (SSSR count). The maximum absolute atomic E-state index is 11.9. The highest BCUT2D eigenvalue weighted by atomic mass is 32.2. The number of nitrogens with zero attached hydrogens (tertiary/aromatic N) is 1. The Morgan fingerprint density at radius 2 is 1.94 bits per heavy atom. The molecule has 5 heteroatoms. The number of hydrogen-bond acceptors (Lipinski definition) is 3. The molecular weight excluding hydrogens is 250 g/mol. The van der Waals surface area contributed by atoms with Crippen LogP contribution in [-0.2, 0) is 10.0 Å². The van der Waals surface area contributed by atoms with Crippen LogP contribution in [0.25, 0.3) is 0 Å². The van der Waals surface area contributed by atoms with Gasteiger partial charge in [-0.2, -0.15) is 4.31 Å². The molecule has 106 valence electrons. The Balaban J connectivity index is 1.96. The van der Waals surface area contributed by atoms with Crippen LogP contribution in [0.2, 0.25) is 0 Å². The monoisotopic (exact) mass is 275 g/mol. The van der Waals surface area contributed by atoms with Gasteiger partial charge < -0.3 is 5.11 Å². The summed E-state index contributed by atoms with van der Waals surface area (Å²) in [6, 6.07) is 0. The molecule has 0 aromatic carbocycles. The van der Waals surface area contributed by atoms with Gasteiger partial charge in [-0.15, -0.1) is 0 Å². The van der Waals surface area contributed by atoms with Gasteiger partial charge >= 0.3 is 0 Å². The predicted octanol–water partition coefficient (Wildman–Crippen LogP) is 1.74. The molecule has 1 N–H and O–H groups in total. The van der Waals surface area contributed by atoms with Gasteiger partial charge in [0.15, 0.2) is 0 Å². The summed E-state index contributed by atoms with van der Waals surface area (Å²) in [7, 11) is -3.11. The van der Waals surface area contributed by atoms with Crippen LogP contribution < -0.4 is 0 Å². The molecule has 1 saturated carbocycles. The maximum Gasteiger partial charge on any atom is 0.214 e. The largest absolute Gasteiger partial charge is 0.389 e. The first-order chi connectivity index (χ1) is 8.45. The van der Waals surface area contributed by atoms with E-state index in [0.717, 1.165) is 44.9 Å². The van der Waals surface area contributed by atoms with E-state index in [0.29, 0.717) is 19.0 Å². The first-order valence-electron chi connectivity index (χ1n) is 7.15. The molecule has 0 unspecified atom stereocenters. The lowest BCUT2D eigenvalue weighted by Gasteiger charge is -2.39. The minimum absolute atomic E-state index is 0.251. The summed E-state index contributed by atoms with van der Waals surface area (Å²) < 4.78 is 25.4. The standard InChI is InChI=1S/C13H25NO3S/c1-2-12-5-7-13(15,8-6-12)11-14-9-3-4-10-18(14,16)17/h12,15H,2-11H2,1H3. The Bertz CT molecular complexity index is 372. The molecule has 1 aliphatic heterocycles. The smallest absolute Gasteiger partial charge is 0.214 e. The van der Waals surface area contributed by atoms with Crippen molar-refractivity contribution in [3.63, 3.8) is 0 Å². The third-order valence-corrected chi connectivity index (χ3v) is 6.44. The molecule has 0 amide bonds. The summed E-state index contributed by atoms with van der Waals surface area (Å²) in [5.74, 6) is 0.962. The van der Waals surface area contributed by atoms with E-state index < -0.39 is 15.6 Å². The van der Waals surface area contributed by atoms with Crippen LogP contribution in [0.15, 0.2) is 0 Å². The average molecular weight is 275 g/mol. The Morgan fingerprint density at radius 1 is 1.28 bits per heavy atom. The zero-order chi connectivity index (χ0) is 13.2. The van der Waals surface area contributed by atoms with E-state index >= 15 is 0 Å². The van der Waals surface area contributed by atoms with Crippen molar-refractivity contribution in [2.45, 2.75) is 57.5 Å². The number of hydrogen-bond donors (Lipinski definition) is 1. The van der Waals surface area contributed by atoms with E-state index in [2.05, 4.69) is 6.92 Å². The quantitative estimate of drug-likeness (QED) is 0.853. The fraction of sp³-hybridized carbons (Fsp3) is 1.00. The molecule has 18 heavy (non-hydrogen) atoms. The zero-order valence-corrected chi connectivity index (χ0v) is 12.1. The molecule has 0 spiro atoms. The first-order valence-corrected chi connectivity index (χ1v) is 8.76. The van der Waals surface area contributed by atoms with E-state index in [1.54, 1.807) is 0 Å². The minimum Gasteiger partial charge on any atom is -0.389 e. The topological polar surface area (TPSA) is 57.6 Å². The van der Waals surface area contributed by atoms with Gasteiger partial charge in [-0.25, -0.2) is 8.42 Å². The molecule has 0 aromatic heterocycles. The summed E-state index contributed by atoms with van der Waals surface area (Å²) in [5.41, 5.74) is -0.782. The molecule has 0 atom stereocenters. The van der Waals surface area contributed by atoms with Gasteiger partial charge in [0, 0.05) is 13.1 Å². The minimum atomic E-state index is -3.11. The van der Waals surface area contributed by atoms with Crippen LogP contribution in [0.1, 0.15) is 51.9 Å². The van der Waals surface area contributed by atoms with Crippen LogP contribution in [0.3, 0.4) is 0 Å². The van der Waals surface area contributed by atoms with Crippen LogP contribution >= 0.6 is 0 Å². The number of aliphatic hydroxyl groups is 1. The van der Waals surface area contributed by atoms with E-state index in [4.69, 9.17) is 0 Å². The van der Waals surface area contributed by atoms with Crippen molar-refractivity contribution in [3.05, 3.63) is 0 Å². The Hall–Kier alpha value is -0.130. The van der Waals surface area contributed by atoms with E-state index in [1.165, 1.54) is 4.31 Å². The number of rotatable bonds is 3. The van der Waals surface area contributed by atoms with Crippen molar-refractivity contribution in [2.75, 3.05) is 18.8 Å². The van der Waals surface area contributed by atoms with Gasteiger partial charge in [-0.1, -0.05) is 13.3 Å². The molecule has 1 saturated heterocycles. The Morgan fingerprint density at radius 3 is 2.50 bits per heavy atom. The van der Waals surface area contributed by atoms with Crippen molar-refractivity contribution in [1.29, 1.82) is 0 Å². The fourth-order valence-corrected chi connectivity index (χ4v) is 4.80.